The number of carbonyl (C=O) groups is 1. The molecule has 0 aliphatic carbocycles. The summed E-state index contributed by atoms with van der Waals surface area (Å²) in [5.74, 6) is 0.735. The maximum Gasteiger partial charge on any atom is 0.222 e. The van der Waals surface area contributed by atoms with E-state index in [9.17, 15) is 4.79 Å². The monoisotopic (exact) mass is 499 g/mol. The van der Waals surface area contributed by atoms with Gasteiger partial charge in [0.05, 0.1) is 24.9 Å². The number of ether oxygens (including phenoxy) is 1. The average molecular weight is 500 g/mol. The van der Waals surface area contributed by atoms with Crippen LogP contribution >= 0.6 is 15.9 Å². The largest absolute Gasteiger partial charge is 0.497 e. The summed E-state index contributed by atoms with van der Waals surface area (Å²) in [6.07, 6.45) is 0.0294. The van der Waals surface area contributed by atoms with Crippen LogP contribution in [0, 0.1) is 10.8 Å². The lowest BCUT2D eigenvalue weighted by atomic mass is 9.99. The van der Waals surface area contributed by atoms with Crippen LogP contribution in [0.1, 0.15) is 45.2 Å². The molecule has 1 atom stereocenters. The van der Waals surface area contributed by atoms with Gasteiger partial charge >= 0.3 is 0 Å². The summed E-state index contributed by atoms with van der Waals surface area (Å²) in [5, 5.41) is 19.8. The lowest BCUT2D eigenvalue weighted by Gasteiger charge is -2.26. The van der Waals surface area contributed by atoms with Crippen molar-refractivity contribution in [2.24, 2.45) is 4.99 Å². The van der Waals surface area contributed by atoms with Crippen molar-refractivity contribution in [2.45, 2.75) is 40.2 Å². The molecule has 0 radical (unpaired) electrons. The molecule has 0 bridgehead atoms. The van der Waals surface area contributed by atoms with Gasteiger partial charge in [0.15, 0.2) is 0 Å². The molecule has 3 rings (SSSR count). The lowest BCUT2D eigenvalue weighted by Crippen LogP contribution is -2.42. The van der Waals surface area contributed by atoms with Gasteiger partial charge in [0.25, 0.3) is 0 Å². The van der Waals surface area contributed by atoms with E-state index in [1.807, 2.05) is 57.2 Å². The number of amides is 1. The van der Waals surface area contributed by atoms with Gasteiger partial charge in [-0.05, 0) is 44.2 Å². The van der Waals surface area contributed by atoms with Crippen molar-refractivity contribution in [3.8, 4) is 5.75 Å². The number of methoxy groups -OCH3 is 1. The van der Waals surface area contributed by atoms with E-state index >= 15 is 0 Å². The van der Waals surface area contributed by atoms with Gasteiger partial charge in [-0.15, -0.1) is 0 Å². The summed E-state index contributed by atoms with van der Waals surface area (Å²) in [6.45, 7) is 7.98. The predicted octanol–water partition coefficient (Wildman–Crippen LogP) is 5.01. The second kappa shape index (κ2) is 11.6. The highest BCUT2D eigenvalue weighted by atomic mass is 79.9. The first-order valence-corrected chi connectivity index (χ1v) is 11.4. The zero-order valence-corrected chi connectivity index (χ0v) is 20.7. The van der Waals surface area contributed by atoms with Crippen molar-refractivity contribution < 1.29 is 9.53 Å². The molecule has 32 heavy (non-hydrogen) atoms. The second-order valence-electron chi connectivity index (χ2n) is 6.85. The molecule has 0 aromatic heterocycles. The Bertz CT molecular complexity index is 1020. The SMILES string of the molecule is CC.CCNC(=O)C[C@@H]1N=C(c2ccc(Br)cc2)c2cc(OC)ccc2N(C(C)=N)C1=N. The standard InChI is InChI=1S/C22H24BrN5O2.C2H6/c1-4-26-20(29)12-18-22(25)28(13(2)24)19-10-9-16(30-3)11-17(19)21(27-18)14-5-7-15(23)8-6-14;1-2/h5-11,18,24-25H,4,12H2,1-3H3,(H,26,29);1-2H3/t18-;/m0./s1. The van der Waals surface area contributed by atoms with E-state index < -0.39 is 6.04 Å². The molecule has 0 spiro atoms. The molecule has 2 aromatic carbocycles. The topological polar surface area (TPSA) is 102 Å². The molecule has 1 amide bonds. The quantitative estimate of drug-likeness (QED) is 0.397. The summed E-state index contributed by atoms with van der Waals surface area (Å²) in [5.41, 5.74) is 2.91. The summed E-state index contributed by atoms with van der Waals surface area (Å²) < 4.78 is 6.36. The third-order valence-corrected chi connectivity index (χ3v) is 5.28. The Kier molecular flexibility index (Phi) is 9.13. The fourth-order valence-electron chi connectivity index (χ4n) is 3.38. The summed E-state index contributed by atoms with van der Waals surface area (Å²) in [4.78, 5) is 18.7. The Balaban J connectivity index is 0.00000176. The number of benzene rings is 2. The number of halogens is 1. The second-order valence-corrected chi connectivity index (χ2v) is 7.76. The number of hydrogen-bond donors (Lipinski definition) is 3. The van der Waals surface area contributed by atoms with Crippen molar-refractivity contribution >= 4 is 44.9 Å². The third kappa shape index (κ3) is 5.62. The van der Waals surface area contributed by atoms with Crippen LogP contribution in [0.4, 0.5) is 5.69 Å². The van der Waals surface area contributed by atoms with Gasteiger partial charge in [0.1, 0.15) is 23.5 Å². The molecule has 0 saturated carbocycles. The normalized spacial score (nSPS) is 14.9. The van der Waals surface area contributed by atoms with Gasteiger partial charge in [-0.3, -0.25) is 25.5 Å². The summed E-state index contributed by atoms with van der Waals surface area (Å²) in [6, 6.07) is 12.5. The number of nitrogens with zero attached hydrogens (tertiary/aromatic N) is 2. The van der Waals surface area contributed by atoms with Crippen LogP contribution in [0.5, 0.6) is 5.75 Å². The van der Waals surface area contributed by atoms with Crippen molar-refractivity contribution in [1.29, 1.82) is 10.8 Å². The zero-order valence-electron chi connectivity index (χ0n) is 19.1. The Morgan fingerprint density at radius 3 is 2.44 bits per heavy atom. The molecule has 0 fully saturated rings. The van der Waals surface area contributed by atoms with E-state index in [4.69, 9.17) is 20.5 Å². The Morgan fingerprint density at radius 2 is 1.88 bits per heavy atom. The number of nitrogens with one attached hydrogen (secondary N) is 3. The molecule has 1 aliphatic heterocycles. The fourth-order valence-corrected chi connectivity index (χ4v) is 3.64. The van der Waals surface area contributed by atoms with E-state index in [1.165, 1.54) is 4.90 Å². The molecule has 8 heteroatoms. The predicted molar refractivity (Wildman–Crippen MR) is 135 cm³/mol. The van der Waals surface area contributed by atoms with Crippen molar-refractivity contribution in [2.75, 3.05) is 18.6 Å². The van der Waals surface area contributed by atoms with Crippen LogP contribution in [0.25, 0.3) is 0 Å². The number of carbonyl (C=O) groups excluding carboxylic acids is 1. The molecular formula is C24H30BrN5O2. The minimum absolute atomic E-state index is 0.0294. The van der Waals surface area contributed by atoms with E-state index in [1.54, 1.807) is 20.1 Å². The van der Waals surface area contributed by atoms with Crippen LogP contribution in [-0.4, -0.2) is 43.0 Å². The maximum atomic E-state index is 12.3. The van der Waals surface area contributed by atoms with Crippen LogP contribution < -0.4 is 15.0 Å². The molecule has 0 saturated heterocycles. The molecule has 2 aromatic rings. The van der Waals surface area contributed by atoms with E-state index in [-0.39, 0.29) is 24.0 Å². The highest BCUT2D eigenvalue weighted by Gasteiger charge is 2.32. The zero-order chi connectivity index (χ0) is 23.8. The number of anilines is 1. The number of hydrogen-bond acceptors (Lipinski definition) is 5. The minimum Gasteiger partial charge on any atom is -0.497 e. The number of fused-ring (bicyclic) bond motifs is 1. The molecular weight excluding hydrogens is 470 g/mol. The number of benzodiazepines with no additional fused rings is 1. The first-order valence-electron chi connectivity index (χ1n) is 10.6. The van der Waals surface area contributed by atoms with Crippen LogP contribution in [0.15, 0.2) is 51.9 Å². The fraction of sp³-hybridized carbons (Fsp3) is 0.333. The van der Waals surface area contributed by atoms with Gasteiger partial charge < -0.3 is 10.1 Å². The lowest BCUT2D eigenvalue weighted by molar-refractivity contribution is -0.121. The van der Waals surface area contributed by atoms with E-state index in [0.29, 0.717) is 23.7 Å². The molecule has 1 heterocycles. The highest BCUT2D eigenvalue weighted by Crippen LogP contribution is 2.33. The van der Waals surface area contributed by atoms with Crippen molar-refractivity contribution in [3.63, 3.8) is 0 Å². The maximum absolute atomic E-state index is 12.3. The van der Waals surface area contributed by atoms with Gasteiger partial charge in [0, 0.05) is 22.1 Å². The molecule has 1 aliphatic rings. The molecule has 3 N–H and O–H groups in total. The van der Waals surface area contributed by atoms with E-state index in [0.717, 1.165) is 15.6 Å². The van der Waals surface area contributed by atoms with E-state index in [2.05, 4.69) is 21.2 Å². The molecule has 0 unspecified atom stereocenters. The Morgan fingerprint density at radius 1 is 1.22 bits per heavy atom. The molecule has 7 nitrogen and oxygen atoms in total. The third-order valence-electron chi connectivity index (χ3n) is 4.75. The number of aliphatic imine (C=N–C) groups is 1. The van der Waals surface area contributed by atoms with Gasteiger partial charge in [0.2, 0.25) is 5.91 Å². The van der Waals surface area contributed by atoms with Crippen molar-refractivity contribution in [1.82, 2.24) is 5.32 Å². The Hall–Kier alpha value is -3.00. The van der Waals surface area contributed by atoms with Crippen LogP contribution in [0.2, 0.25) is 0 Å². The summed E-state index contributed by atoms with van der Waals surface area (Å²) in [7, 11) is 1.59. The number of rotatable bonds is 5. The van der Waals surface area contributed by atoms with Crippen LogP contribution in [0.3, 0.4) is 0 Å². The molecule has 170 valence electrons. The van der Waals surface area contributed by atoms with Crippen molar-refractivity contribution in [3.05, 3.63) is 58.1 Å². The minimum atomic E-state index is -0.728. The first-order chi connectivity index (χ1) is 15.3. The van der Waals surface area contributed by atoms with Gasteiger partial charge in [-0.1, -0.05) is 41.9 Å². The van der Waals surface area contributed by atoms with Gasteiger partial charge in [-0.2, -0.15) is 0 Å². The number of amidine groups is 2. The Labute approximate surface area is 198 Å². The highest BCUT2D eigenvalue weighted by molar-refractivity contribution is 9.10. The summed E-state index contributed by atoms with van der Waals surface area (Å²) >= 11 is 3.46. The van der Waals surface area contributed by atoms with Gasteiger partial charge in [-0.25, -0.2) is 0 Å². The smallest absolute Gasteiger partial charge is 0.222 e. The van der Waals surface area contributed by atoms with Crippen LogP contribution in [-0.2, 0) is 4.79 Å². The first kappa shape index (κ1) is 25.3. The average Bonchev–Trinajstić information content (AvgIpc) is 2.90.